The summed E-state index contributed by atoms with van der Waals surface area (Å²) >= 11 is 0. The molecule has 0 amide bonds. The van der Waals surface area contributed by atoms with Crippen molar-refractivity contribution in [3.63, 3.8) is 0 Å². The van der Waals surface area contributed by atoms with E-state index in [0.29, 0.717) is 0 Å². The Hall–Kier alpha value is -3.00. The number of rotatable bonds is 8. The third-order valence-corrected chi connectivity index (χ3v) is 5.65. The monoisotopic (exact) mass is 383 g/mol. The molecule has 2 nitrogen and oxygen atoms in total. The third kappa shape index (κ3) is 3.93. The van der Waals surface area contributed by atoms with Crippen LogP contribution in [0.25, 0.3) is 22.2 Å². The molecule has 0 aliphatic heterocycles. The predicted octanol–water partition coefficient (Wildman–Crippen LogP) is 7.10. The molecule has 0 aliphatic carbocycles. The van der Waals surface area contributed by atoms with Crippen LogP contribution < -0.4 is 4.74 Å². The molecular formula is C27H29NO. The quantitative estimate of drug-likeness (QED) is 0.296. The highest BCUT2D eigenvalue weighted by Crippen LogP contribution is 2.39. The number of methoxy groups -OCH3 is 1. The van der Waals surface area contributed by atoms with Gasteiger partial charge in [0.15, 0.2) is 0 Å². The van der Waals surface area contributed by atoms with Crippen LogP contribution in [0.2, 0.25) is 0 Å². The van der Waals surface area contributed by atoms with Crippen molar-refractivity contribution in [3.8, 4) is 17.0 Å². The Labute approximate surface area is 173 Å². The normalized spacial score (nSPS) is 11.1. The molecule has 1 heterocycles. The Morgan fingerprint density at radius 1 is 0.793 bits per heavy atom. The molecule has 2 heteroatoms. The molecule has 4 rings (SSSR count). The Bertz CT molecular complexity index is 1080. The Balaban J connectivity index is 1.96. The molecule has 0 spiro atoms. The summed E-state index contributed by atoms with van der Waals surface area (Å²) in [6, 6.07) is 28.0. The van der Waals surface area contributed by atoms with E-state index >= 15 is 0 Å². The molecule has 1 aromatic heterocycles. The fourth-order valence-corrected chi connectivity index (χ4v) is 4.26. The zero-order valence-electron chi connectivity index (χ0n) is 17.4. The Morgan fingerprint density at radius 2 is 1.52 bits per heavy atom. The van der Waals surface area contributed by atoms with Gasteiger partial charge in [0.05, 0.1) is 12.8 Å². The Morgan fingerprint density at radius 3 is 2.31 bits per heavy atom. The number of hydrogen-bond acceptors (Lipinski definition) is 1. The lowest BCUT2D eigenvalue weighted by Crippen LogP contribution is -2.04. The van der Waals surface area contributed by atoms with Crippen molar-refractivity contribution in [1.29, 1.82) is 0 Å². The van der Waals surface area contributed by atoms with Gasteiger partial charge in [0.1, 0.15) is 5.75 Å². The fraction of sp³-hybridized carbons (Fsp3) is 0.259. The number of hydrogen-bond donors (Lipinski definition) is 0. The Kier molecular flexibility index (Phi) is 6.00. The summed E-state index contributed by atoms with van der Waals surface area (Å²) in [5.74, 6) is 0.932. The molecule has 3 aromatic carbocycles. The SMILES string of the molecule is CCCCCc1c(-c2ccccc2OC)n(Cc2ccccc2)c2ccccc12. The van der Waals surface area contributed by atoms with Crippen LogP contribution in [-0.4, -0.2) is 11.7 Å². The average Bonchev–Trinajstić information content (AvgIpc) is 3.08. The van der Waals surface area contributed by atoms with Gasteiger partial charge in [0, 0.05) is 23.0 Å². The van der Waals surface area contributed by atoms with Gasteiger partial charge < -0.3 is 9.30 Å². The number of ether oxygens (including phenoxy) is 1. The van der Waals surface area contributed by atoms with E-state index in [1.54, 1.807) is 7.11 Å². The first-order valence-corrected chi connectivity index (χ1v) is 10.6. The third-order valence-electron chi connectivity index (χ3n) is 5.65. The molecule has 0 radical (unpaired) electrons. The number of nitrogens with zero attached hydrogens (tertiary/aromatic N) is 1. The maximum absolute atomic E-state index is 5.77. The number of para-hydroxylation sites is 2. The minimum absolute atomic E-state index is 0.850. The zero-order chi connectivity index (χ0) is 20.1. The van der Waals surface area contributed by atoms with Gasteiger partial charge in [-0.25, -0.2) is 0 Å². The van der Waals surface area contributed by atoms with E-state index in [2.05, 4.69) is 84.3 Å². The van der Waals surface area contributed by atoms with Crippen LogP contribution in [0.15, 0.2) is 78.9 Å². The van der Waals surface area contributed by atoms with Gasteiger partial charge in [-0.3, -0.25) is 0 Å². The van der Waals surface area contributed by atoms with Crippen molar-refractivity contribution < 1.29 is 4.74 Å². The predicted molar refractivity (Wildman–Crippen MR) is 123 cm³/mol. The molecule has 0 fully saturated rings. The minimum Gasteiger partial charge on any atom is -0.496 e. The summed E-state index contributed by atoms with van der Waals surface area (Å²) < 4.78 is 8.24. The van der Waals surface area contributed by atoms with Crippen molar-refractivity contribution in [2.75, 3.05) is 7.11 Å². The number of benzene rings is 3. The zero-order valence-corrected chi connectivity index (χ0v) is 17.4. The molecule has 0 saturated heterocycles. The summed E-state index contributed by atoms with van der Waals surface area (Å²) in [6.45, 7) is 3.11. The number of aromatic nitrogens is 1. The summed E-state index contributed by atoms with van der Waals surface area (Å²) in [7, 11) is 1.76. The molecule has 0 saturated carbocycles. The molecule has 0 unspecified atom stereocenters. The molecule has 4 aromatic rings. The van der Waals surface area contributed by atoms with Crippen LogP contribution in [0, 0.1) is 0 Å². The lowest BCUT2D eigenvalue weighted by molar-refractivity contribution is 0.416. The van der Waals surface area contributed by atoms with Crippen LogP contribution in [0.5, 0.6) is 5.75 Å². The van der Waals surface area contributed by atoms with Crippen molar-refractivity contribution >= 4 is 10.9 Å². The van der Waals surface area contributed by atoms with Crippen LogP contribution in [0.1, 0.15) is 37.3 Å². The van der Waals surface area contributed by atoms with Crippen LogP contribution >= 0.6 is 0 Å². The second kappa shape index (κ2) is 9.00. The van der Waals surface area contributed by atoms with Crippen LogP contribution in [0.4, 0.5) is 0 Å². The molecular weight excluding hydrogens is 354 g/mol. The van der Waals surface area contributed by atoms with Gasteiger partial charge in [-0.2, -0.15) is 0 Å². The van der Waals surface area contributed by atoms with Crippen molar-refractivity contribution in [2.24, 2.45) is 0 Å². The first kappa shape index (κ1) is 19.3. The van der Waals surface area contributed by atoms with E-state index in [1.165, 1.54) is 52.5 Å². The lowest BCUT2D eigenvalue weighted by Gasteiger charge is -2.16. The van der Waals surface area contributed by atoms with Gasteiger partial charge in [0.25, 0.3) is 0 Å². The van der Waals surface area contributed by atoms with Gasteiger partial charge in [-0.05, 0) is 42.2 Å². The summed E-state index contributed by atoms with van der Waals surface area (Å²) in [5, 5.41) is 1.36. The standard InChI is InChI=1S/C27H29NO/c1-3-4-6-16-23-22-15-9-11-18-25(22)28(20-21-13-7-5-8-14-21)27(23)24-17-10-12-19-26(24)29-2/h5,7-15,17-19H,3-4,6,16,20H2,1-2H3. The van der Waals surface area contributed by atoms with Crippen LogP contribution in [0.3, 0.4) is 0 Å². The van der Waals surface area contributed by atoms with E-state index in [9.17, 15) is 0 Å². The maximum atomic E-state index is 5.77. The highest BCUT2D eigenvalue weighted by Gasteiger charge is 2.20. The topological polar surface area (TPSA) is 14.2 Å². The second-order valence-corrected chi connectivity index (χ2v) is 7.57. The van der Waals surface area contributed by atoms with Gasteiger partial charge in [-0.15, -0.1) is 0 Å². The lowest BCUT2D eigenvalue weighted by atomic mass is 9.99. The van der Waals surface area contributed by atoms with E-state index < -0.39 is 0 Å². The molecule has 0 atom stereocenters. The van der Waals surface area contributed by atoms with Gasteiger partial charge in [-0.1, -0.05) is 80.4 Å². The van der Waals surface area contributed by atoms with Crippen molar-refractivity contribution in [1.82, 2.24) is 4.57 Å². The van der Waals surface area contributed by atoms with Gasteiger partial charge in [0.2, 0.25) is 0 Å². The van der Waals surface area contributed by atoms with E-state index in [1.807, 2.05) is 6.07 Å². The van der Waals surface area contributed by atoms with Crippen molar-refractivity contribution in [3.05, 3.63) is 90.0 Å². The van der Waals surface area contributed by atoms with E-state index in [4.69, 9.17) is 4.74 Å². The molecule has 0 aliphatic rings. The number of fused-ring (bicyclic) bond motifs is 1. The largest absolute Gasteiger partial charge is 0.496 e. The second-order valence-electron chi connectivity index (χ2n) is 7.57. The highest BCUT2D eigenvalue weighted by molar-refractivity contribution is 5.93. The summed E-state index contributed by atoms with van der Waals surface area (Å²) in [6.07, 6.45) is 4.78. The average molecular weight is 384 g/mol. The molecule has 29 heavy (non-hydrogen) atoms. The van der Waals surface area contributed by atoms with Crippen molar-refractivity contribution in [2.45, 2.75) is 39.2 Å². The van der Waals surface area contributed by atoms with Gasteiger partial charge >= 0.3 is 0 Å². The molecule has 0 N–H and O–H groups in total. The number of aryl methyl sites for hydroxylation is 1. The number of unbranched alkanes of at least 4 members (excludes halogenated alkanes) is 2. The minimum atomic E-state index is 0.850. The maximum Gasteiger partial charge on any atom is 0.128 e. The van der Waals surface area contributed by atoms with E-state index in [-0.39, 0.29) is 0 Å². The van der Waals surface area contributed by atoms with Crippen LogP contribution in [-0.2, 0) is 13.0 Å². The molecule has 148 valence electrons. The summed E-state index contributed by atoms with van der Waals surface area (Å²) in [5.41, 5.74) is 6.51. The fourth-order valence-electron chi connectivity index (χ4n) is 4.26. The first-order valence-electron chi connectivity index (χ1n) is 10.6. The molecule has 0 bridgehead atoms. The summed E-state index contributed by atoms with van der Waals surface area (Å²) in [4.78, 5) is 0. The first-order chi connectivity index (χ1) is 14.3. The highest BCUT2D eigenvalue weighted by atomic mass is 16.5. The smallest absolute Gasteiger partial charge is 0.128 e. The van der Waals surface area contributed by atoms with E-state index in [0.717, 1.165) is 18.7 Å².